The number of aliphatic hydroxyl groups is 1. The van der Waals surface area contributed by atoms with Crippen LogP contribution in [0.5, 0.6) is 0 Å². The lowest BCUT2D eigenvalue weighted by Crippen LogP contribution is -2.65. The van der Waals surface area contributed by atoms with E-state index in [9.17, 15) is 9.90 Å². The predicted octanol–water partition coefficient (Wildman–Crippen LogP) is 1.94. The van der Waals surface area contributed by atoms with E-state index in [1.165, 1.54) is 0 Å². The van der Waals surface area contributed by atoms with E-state index in [-0.39, 0.29) is 23.6 Å². The minimum absolute atomic E-state index is 0.0536. The smallest absolute Gasteiger partial charge is 0.410 e. The summed E-state index contributed by atoms with van der Waals surface area (Å²) in [7, 11) is 0. The van der Waals surface area contributed by atoms with Gasteiger partial charge in [-0.1, -0.05) is 6.92 Å². The molecule has 0 aromatic heterocycles. The van der Waals surface area contributed by atoms with Gasteiger partial charge in [0.2, 0.25) is 0 Å². The first-order valence-corrected chi connectivity index (χ1v) is 8.48. The summed E-state index contributed by atoms with van der Waals surface area (Å²) in [6, 6.07) is -0.237. The fourth-order valence-corrected chi connectivity index (χ4v) is 4.18. The number of rotatable bonds is 2. The summed E-state index contributed by atoms with van der Waals surface area (Å²) in [6.07, 6.45) is 1.50. The highest BCUT2D eigenvalue weighted by Crippen LogP contribution is 2.44. The summed E-state index contributed by atoms with van der Waals surface area (Å²) in [5.41, 5.74) is -1.22. The summed E-state index contributed by atoms with van der Waals surface area (Å²) in [6.45, 7) is 10.1. The number of hydrogen-bond donors (Lipinski definition) is 1. The fraction of sp³-hybridized carbons (Fsp3) is 0.941. The van der Waals surface area contributed by atoms with Crippen LogP contribution in [-0.4, -0.2) is 65.8 Å². The molecule has 0 saturated carbocycles. The third-order valence-electron chi connectivity index (χ3n) is 4.90. The average molecular weight is 327 g/mol. The van der Waals surface area contributed by atoms with Gasteiger partial charge in [0.05, 0.1) is 44.1 Å². The molecule has 3 saturated heterocycles. The second-order valence-corrected chi connectivity index (χ2v) is 8.85. The minimum atomic E-state index is -0.754. The molecule has 0 radical (unpaired) electrons. The van der Waals surface area contributed by atoms with Gasteiger partial charge in [-0.25, -0.2) is 4.79 Å². The minimum Gasteiger partial charge on any atom is -0.444 e. The van der Waals surface area contributed by atoms with Gasteiger partial charge in [-0.2, -0.15) is 0 Å². The van der Waals surface area contributed by atoms with E-state index in [4.69, 9.17) is 14.2 Å². The van der Waals surface area contributed by atoms with Crippen LogP contribution in [0.15, 0.2) is 0 Å². The van der Waals surface area contributed by atoms with Crippen molar-refractivity contribution in [1.82, 2.24) is 4.90 Å². The molecule has 23 heavy (non-hydrogen) atoms. The first-order chi connectivity index (χ1) is 10.6. The Morgan fingerprint density at radius 2 is 1.78 bits per heavy atom. The molecule has 6 nitrogen and oxygen atoms in total. The van der Waals surface area contributed by atoms with Crippen LogP contribution in [0.25, 0.3) is 0 Å². The number of morpholine rings is 1. The Morgan fingerprint density at radius 3 is 2.22 bits per heavy atom. The molecule has 2 atom stereocenters. The molecule has 0 spiro atoms. The van der Waals surface area contributed by atoms with Crippen LogP contribution in [0.1, 0.15) is 47.0 Å². The van der Waals surface area contributed by atoms with Gasteiger partial charge in [0.25, 0.3) is 0 Å². The lowest BCUT2D eigenvalue weighted by atomic mass is 9.70. The lowest BCUT2D eigenvalue weighted by molar-refractivity contribution is -0.181. The SMILES string of the molecule is CC1(CC2(O)CC3COCC(C2)N3C(=O)OC(C)(C)C)COC1. The summed E-state index contributed by atoms with van der Waals surface area (Å²) >= 11 is 0. The van der Waals surface area contributed by atoms with Gasteiger partial charge in [0.15, 0.2) is 0 Å². The molecule has 3 rings (SSSR count). The Morgan fingerprint density at radius 1 is 1.22 bits per heavy atom. The summed E-state index contributed by atoms with van der Waals surface area (Å²) in [4.78, 5) is 14.3. The first-order valence-electron chi connectivity index (χ1n) is 8.48. The zero-order valence-corrected chi connectivity index (χ0v) is 14.6. The topological polar surface area (TPSA) is 68.2 Å². The number of piperidine rings is 1. The summed E-state index contributed by atoms with van der Waals surface area (Å²) in [5.74, 6) is 0. The molecule has 3 fully saturated rings. The Hall–Kier alpha value is -0.850. The number of amides is 1. The Kier molecular flexibility index (Phi) is 4.14. The highest BCUT2D eigenvalue weighted by atomic mass is 16.6. The van der Waals surface area contributed by atoms with Crippen LogP contribution < -0.4 is 0 Å². The fourth-order valence-electron chi connectivity index (χ4n) is 4.18. The molecule has 1 amide bonds. The van der Waals surface area contributed by atoms with Crippen LogP contribution in [0.4, 0.5) is 4.79 Å². The van der Waals surface area contributed by atoms with Crippen LogP contribution >= 0.6 is 0 Å². The van der Waals surface area contributed by atoms with E-state index < -0.39 is 11.2 Å². The number of carbonyl (C=O) groups excluding carboxylic acids is 1. The van der Waals surface area contributed by atoms with Crippen LogP contribution in [0.2, 0.25) is 0 Å². The highest BCUT2D eigenvalue weighted by molar-refractivity contribution is 5.69. The summed E-state index contributed by atoms with van der Waals surface area (Å²) < 4.78 is 16.5. The van der Waals surface area contributed by atoms with Crippen molar-refractivity contribution in [3.8, 4) is 0 Å². The Balaban J connectivity index is 1.71. The molecule has 3 aliphatic heterocycles. The maximum absolute atomic E-state index is 12.5. The van der Waals surface area contributed by atoms with E-state index >= 15 is 0 Å². The van der Waals surface area contributed by atoms with Crippen molar-refractivity contribution in [1.29, 1.82) is 0 Å². The van der Waals surface area contributed by atoms with Gasteiger partial charge in [-0.3, -0.25) is 4.90 Å². The summed E-state index contributed by atoms with van der Waals surface area (Å²) in [5, 5.41) is 11.1. The van der Waals surface area contributed by atoms with Gasteiger partial charge in [0, 0.05) is 5.41 Å². The first kappa shape index (κ1) is 17.0. The van der Waals surface area contributed by atoms with Crippen molar-refractivity contribution >= 4 is 6.09 Å². The largest absolute Gasteiger partial charge is 0.444 e. The molecule has 0 aromatic carbocycles. The van der Waals surface area contributed by atoms with E-state index in [1.54, 1.807) is 4.90 Å². The monoisotopic (exact) mass is 327 g/mol. The molecule has 0 aromatic rings. The number of nitrogens with zero attached hydrogens (tertiary/aromatic N) is 1. The molecular weight excluding hydrogens is 298 g/mol. The number of hydrogen-bond acceptors (Lipinski definition) is 5. The van der Waals surface area contributed by atoms with E-state index in [2.05, 4.69) is 6.92 Å². The van der Waals surface area contributed by atoms with Gasteiger partial charge < -0.3 is 19.3 Å². The zero-order chi connectivity index (χ0) is 16.9. The van der Waals surface area contributed by atoms with E-state index in [1.807, 2.05) is 20.8 Å². The molecule has 3 heterocycles. The maximum Gasteiger partial charge on any atom is 0.410 e. The van der Waals surface area contributed by atoms with Crippen LogP contribution in [0, 0.1) is 5.41 Å². The molecule has 0 aliphatic carbocycles. The zero-order valence-electron chi connectivity index (χ0n) is 14.6. The van der Waals surface area contributed by atoms with Gasteiger partial charge >= 0.3 is 6.09 Å². The Bertz CT molecular complexity index is 454. The standard InChI is InChI=1S/C17H29NO5/c1-15(2,3)23-14(19)18-12-5-17(20,6-13(18)8-21-7-12)9-16(4)10-22-11-16/h12-13,20H,5-11H2,1-4H3. The number of carbonyl (C=O) groups is 1. The highest BCUT2D eigenvalue weighted by Gasteiger charge is 2.52. The Labute approximate surface area is 138 Å². The number of ether oxygens (including phenoxy) is 3. The molecule has 6 heteroatoms. The molecule has 132 valence electrons. The second-order valence-electron chi connectivity index (χ2n) is 8.85. The number of fused-ring (bicyclic) bond motifs is 2. The van der Waals surface area contributed by atoms with E-state index in [0.717, 1.165) is 6.42 Å². The lowest BCUT2D eigenvalue weighted by Gasteiger charge is -2.54. The van der Waals surface area contributed by atoms with Crippen LogP contribution in [-0.2, 0) is 14.2 Å². The van der Waals surface area contributed by atoms with Gasteiger partial charge in [-0.05, 0) is 40.0 Å². The van der Waals surface area contributed by atoms with Crippen LogP contribution in [0.3, 0.4) is 0 Å². The predicted molar refractivity (Wildman–Crippen MR) is 84.2 cm³/mol. The molecule has 2 unspecified atom stereocenters. The second kappa shape index (κ2) is 5.60. The van der Waals surface area contributed by atoms with Crippen molar-refractivity contribution in [2.24, 2.45) is 5.41 Å². The normalized spacial score (nSPS) is 36.3. The average Bonchev–Trinajstić information content (AvgIpc) is 2.33. The van der Waals surface area contributed by atoms with Crippen molar-refractivity contribution in [2.75, 3.05) is 26.4 Å². The van der Waals surface area contributed by atoms with Gasteiger partial charge in [-0.15, -0.1) is 0 Å². The molecular formula is C17H29NO5. The van der Waals surface area contributed by atoms with Crippen molar-refractivity contribution in [3.05, 3.63) is 0 Å². The molecule has 3 aliphatic rings. The van der Waals surface area contributed by atoms with Crippen molar-refractivity contribution in [2.45, 2.75) is 70.2 Å². The molecule has 2 bridgehead atoms. The van der Waals surface area contributed by atoms with Crippen molar-refractivity contribution in [3.63, 3.8) is 0 Å². The molecule has 1 N–H and O–H groups in total. The third kappa shape index (κ3) is 3.64. The maximum atomic E-state index is 12.5. The van der Waals surface area contributed by atoms with Crippen molar-refractivity contribution < 1.29 is 24.1 Å². The van der Waals surface area contributed by atoms with Gasteiger partial charge in [0.1, 0.15) is 5.60 Å². The quantitative estimate of drug-likeness (QED) is 0.839. The van der Waals surface area contributed by atoms with E-state index in [0.29, 0.717) is 39.3 Å². The third-order valence-corrected chi connectivity index (χ3v) is 4.90.